The van der Waals surface area contributed by atoms with Crippen molar-refractivity contribution in [2.24, 2.45) is 0 Å². The van der Waals surface area contributed by atoms with Gasteiger partial charge in [0.15, 0.2) is 0 Å². The molecule has 0 aliphatic heterocycles. The van der Waals surface area contributed by atoms with Gasteiger partial charge >= 0.3 is 0 Å². The molecule has 4 heteroatoms. The van der Waals surface area contributed by atoms with Crippen LogP contribution in [0.2, 0.25) is 0 Å². The zero-order valence-corrected chi connectivity index (χ0v) is 11.1. The number of thioether (sulfide) groups is 1. The molecule has 0 aliphatic rings. The van der Waals surface area contributed by atoms with Gasteiger partial charge in [0.05, 0.1) is 5.56 Å². The molecule has 0 spiro atoms. The first-order valence-electron chi connectivity index (χ1n) is 5.56. The Bertz CT molecular complexity index is 543. The third kappa shape index (κ3) is 2.54. The highest BCUT2D eigenvalue weighted by Crippen LogP contribution is 2.22. The lowest BCUT2D eigenvalue weighted by atomic mass is 10.2. The number of carbonyl (C=O) groups excluding carboxylic acids is 1. The van der Waals surface area contributed by atoms with Gasteiger partial charge in [-0.1, -0.05) is 18.2 Å². The van der Waals surface area contributed by atoms with E-state index in [2.05, 4.69) is 4.98 Å². The second-order valence-corrected chi connectivity index (χ2v) is 4.60. The zero-order valence-electron chi connectivity index (χ0n) is 10.3. The minimum Gasteiger partial charge on any atom is -0.296 e. The van der Waals surface area contributed by atoms with E-state index in [1.54, 1.807) is 29.9 Å². The number of anilines is 1. The van der Waals surface area contributed by atoms with E-state index >= 15 is 0 Å². The number of amides is 1. The van der Waals surface area contributed by atoms with Crippen LogP contribution in [0.25, 0.3) is 0 Å². The summed E-state index contributed by atoms with van der Waals surface area (Å²) in [5, 5.41) is 0. The van der Waals surface area contributed by atoms with Gasteiger partial charge in [-0.15, -0.1) is 11.8 Å². The van der Waals surface area contributed by atoms with Crippen molar-refractivity contribution in [2.45, 2.75) is 4.90 Å². The molecule has 1 aromatic carbocycles. The predicted molar refractivity (Wildman–Crippen MR) is 75.2 cm³/mol. The third-order valence-corrected chi connectivity index (χ3v) is 3.43. The maximum atomic E-state index is 12.4. The topological polar surface area (TPSA) is 33.2 Å². The van der Waals surface area contributed by atoms with E-state index < -0.39 is 0 Å². The number of aromatic nitrogens is 1. The van der Waals surface area contributed by atoms with E-state index in [-0.39, 0.29) is 5.91 Å². The Morgan fingerprint density at radius 3 is 2.56 bits per heavy atom. The van der Waals surface area contributed by atoms with Crippen molar-refractivity contribution in [2.75, 3.05) is 18.2 Å². The molecular formula is C14H14N2OS. The van der Waals surface area contributed by atoms with Gasteiger partial charge in [0.25, 0.3) is 5.91 Å². The maximum absolute atomic E-state index is 12.4. The number of hydrogen-bond donors (Lipinski definition) is 0. The molecule has 0 saturated carbocycles. The Kier molecular flexibility index (Phi) is 3.99. The SMILES string of the molecule is CSc1ccccc1C(=O)N(C)c1ccccn1. The fourth-order valence-electron chi connectivity index (χ4n) is 1.66. The smallest absolute Gasteiger partial charge is 0.260 e. The molecule has 2 aromatic rings. The summed E-state index contributed by atoms with van der Waals surface area (Å²) in [6, 6.07) is 13.1. The summed E-state index contributed by atoms with van der Waals surface area (Å²) < 4.78 is 0. The van der Waals surface area contributed by atoms with E-state index in [0.717, 1.165) is 4.90 Å². The van der Waals surface area contributed by atoms with Crippen LogP contribution in [0.1, 0.15) is 10.4 Å². The molecule has 1 heterocycles. The molecule has 0 fully saturated rings. The summed E-state index contributed by atoms with van der Waals surface area (Å²) in [4.78, 5) is 19.1. The molecule has 0 aliphatic carbocycles. The molecule has 2 rings (SSSR count). The van der Waals surface area contributed by atoms with E-state index in [0.29, 0.717) is 11.4 Å². The van der Waals surface area contributed by atoms with Crippen LogP contribution in [0.15, 0.2) is 53.6 Å². The molecule has 3 nitrogen and oxygen atoms in total. The largest absolute Gasteiger partial charge is 0.296 e. The maximum Gasteiger partial charge on any atom is 0.260 e. The van der Waals surface area contributed by atoms with Gasteiger partial charge in [-0.3, -0.25) is 9.69 Å². The Balaban J connectivity index is 2.32. The van der Waals surface area contributed by atoms with Gasteiger partial charge < -0.3 is 0 Å². The molecule has 18 heavy (non-hydrogen) atoms. The normalized spacial score (nSPS) is 10.1. The van der Waals surface area contributed by atoms with Crippen molar-refractivity contribution < 1.29 is 4.79 Å². The molecule has 0 saturated heterocycles. The molecule has 1 amide bonds. The van der Waals surface area contributed by atoms with Gasteiger partial charge in [0.1, 0.15) is 5.82 Å². The zero-order chi connectivity index (χ0) is 13.0. The van der Waals surface area contributed by atoms with Crippen molar-refractivity contribution in [3.8, 4) is 0 Å². The van der Waals surface area contributed by atoms with Crippen molar-refractivity contribution >= 4 is 23.5 Å². The van der Waals surface area contributed by atoms with E-state index in [1.165, 1.54) is 0 Å². The van der Waals surface area contributed by atoms with Gasteiger partial charge in [-0.25, -0.2) is 4.98 Å². The van der Waals surface area contributed by atoms with E-state index in [9.17, 15) is 4.79 Å². The van der Waals surface area contributed by atoms with Crippen molar-refractivity contribution in [1.29, 1.82) is 0 Å². The lowest BCUT2D eigenvalue weighted by Crippen LogP contribution is -2.27. The second kappa shape index (κ2) is 5.69. The van der Waals surface area contributed by atoms with Crippen LogP contribution < -0.4 is 4.90 Å². The van der Waals surface area contributed by atoms with Gasteiger partial charge in [0, 0.05) is 18.1 Å². The summed E-state index contributed by atoms with van der Waals surface area (Å²) in [7, 11) is 1.74. The number of nitrogens with zero attached hydrogens (tertiary/aromatic N) is 2. The first kappa shape index (κ1) is 12.6. The minimum absolute atomic E-state index is 0.0429. The van der Waals surface area contributed by atoms with Crippen molar-refractivity contribution in [3.63, 3.8) is 0 Å². The summed E-state index contributed by atoms with van der Waals surface area (Å²) in [6.07, 6.45) is 3.65. The molecule has 0 unspecified atom stereocenters. The molecular weight excluding hydrogens is 244 g/mol. The Morgan fingerprint density at radius 2 is 1.89 bits per heavy atom. The average molecular weight is 258 g/mol. The first-order chi connectivity index (χ1) is 8.74. The Morgan fingerprint density at radius 1 is 1.17 bits per heavy atom. The fraction of sp³-hybridized carbons (Fsp3) is 0.143. The third-order valence-electron chi connectivity index (χ3n) is 2.63. The highest BCUT2D eigenvalue weighted by atomic mass is 32.2. The quantitative estimate of drug-likeness (QED) is 0.793. The number of benzene rings is 1. The lowest BCUT2D eigenvalue weighted by Gasteiger charge is -2.17. The summed E-state index contributed by atoms with van der Waals surface area (Å²) >= 11 is 1.57. The number of pyridine rings is 1. The molecule has 92 valence electrons. The van der Waals surface area contributed by atoms with Crippen LogP contribution in [0.5, 0.6) is 0 Å². The van der Waals surface area contributed by atoms with E-state index in [1.807, 2.05) is 48.7 Å². The molecule has 0 atom stereocenters. The first-order valence-corrected chi connectivity index (χ1v) is 6.78. The highest BCUT2D eigenvalue weighted by molar-refractivity contribution is 7.98. The van der Waals surface area contributed by atoms with Crippen LogP contribution in [0, 0.1) is 0 Å². The van der Waals surface area contributed by atoms with Gasteiger partial charge in [-0.05, 0) is 30.5 Å². The fourth-order valence-corrected chi connectivity index (χ4v) is 2.25. The minimum atomic E-state index is -0.0429. The summed E-state index contributed by atoms with van der Waals surface area (Å²) in [6.45, 7) is 0. The van der Waals surface area contributed by atoms with Crippen molar-refractivity contribution in [3.05, 3.63) is 54.2 Å². The molecule has 0 radical (unpaired) electrons. The molecule has 0 N–H and O–H groups in total. The highest BCUT2D eigenvalue weighted by Gasteiger charge is 2.16. The van der Waals surface area contributed by atoms with Gasteiger partial charge in [0.2, 0.25) is 0 Å². The second-order valence-electron chi connectivity index (χ2n) is 3.75. The Labute approximate surface area is 111 Å². The number of carbonyl (C=O) groups is 1. The van der Waals surface area contributed by atoms with Crippen molar-refractivity contribution in [1.82, 2.24) is 4.98 Å². The average Bonchev–Trinajstić information content (AvgIpc) is 2.46. The molecule has 0 bridgehead atoms. The monoisotopic (exact) mass is 258 g/mol. The van der Waals surface area contributed by atoms with Crippen LogP contribution in [0.3, 0.4) is 0 Å². The summed E-state index contributed by atoms with van der Waals surface area (Å²) in [5.74, 6) is 0.608. The van der Waals surface area contributed by atoms with E-state index in [4.69, 9.17) is 0 Å². The van der Waals surface area contributed by atoms with Crippen LogP contribution in [0.4, 0.5) is 5.82 Å². The standard InChI is InChI=1S/C14H14N2OS/c1-16(13-9-5-6-10-15-13)14(17)11-7-3-4-8-12(11)18-2/h3-10H,1-2H3. The number of hydrogen-bond acceptors (Lipinski definition) is 3. The Hall–Kier alpha value is -1.81. The number of rotatable bonds is 3. The predicted octanol–water partition coefficient (Wildman–Crippen LogP) is 3.08. The van der Waals surface area contributed by atoms with Crippen LogP contribution >= 0.6 is 11.8 Å². The molecule has 1 aromatic heterocycles. The van der Waals surface area contributed by atoms with Crippen LogP contribution in [-0.4, -0.2) is 24.2 Å². The summed E-state index contributed by atoms with van der Waals surface area (Å²) in [5.41, 5.74) is 0.707. The lowest BCUT2D eigenvalue weighted by molar-refractivity contribution is 0.0989. The van der Waals surface area contributed by atoms with Crippen LogP contribution in [-0.2, 0) is 0 Å². The van der Waals surface area contributed by atoms with Gasteiger partial charge in [-0.2, -0.15) is 0 Å².